The molecule has 0 fully saturated rings. The van der Waals surface area contributed by atoms with Gasteiger partial charge in [0.05, 0.1) is 24.3 Å². The Balaban J connectivity index is 1.83. The van der Waals surface area contributed by atoms with E-state index in [0.717, 1.165) is 23.8 Å². The second-order valence-corrected chi connectivity index (χ2v) is 9.30. The number of nitriles is 1. The van der Waals surface area contributed by atoms with Crippen LogP contribution in [0.2, 0.25) is 0 Å². The molecule has 1 amide bonds. The maximum Gasteiger partial charge on any atom is 0.417 e. The average molecular weight is 530 g/mol. The summed E-state index contributed by atoms with van der Waals surface area (Å²) in [5.74, 6) is -1.04. The maximum absolute atomic E-state index is 14.3. The van der Waals surface area contributed by atoms with Crippen molar-refractivity contribution in [1.82, 2.24) is 10.3 Å². The van der Waals surface area contributed by atoms with Gasteiger partial charge in [0.1, 0.15) is 11.6 Å². The molecular weight excluding hydrogens is 502 g/mol. The molecule has 0 radical (unpaired) electrons. The Labute approximate surface area is 218 Å². The number of pyridine rings is 1. The molecule has 1 N–H and O–H groups in total. The van der Waals surface area contributed by atoms with E-state index in [9.17, 15) is 27.6 Å². The highest BCUT2D eigenvalue weighted by atomic mass is 19.4. The lowest BCUT2D eigenvalue weighted by Crippen LogP contribution is -2.51. The van der Waals surface area contributed by atoms with Crippen molar-refractivity contribution >= 4 is 5.91 Å². The standard InChI is InChI=1S/C28H27F4N3O3/c1-17(35-26(36)27(2,3)38-25-10-7-21(16-34-25)28(30,31)32)24(13-18-5-8-23(37-4)9-6-18)20-11-19(15-33)12-22(29)14-20/h5-12,14,16-17,24H,13H2,1-4H3,(H,35,36)/t17?,24-/m1/s1. The summed E-state index contributed by atoms with van der Waals surface area (Å²) in [5.41, 5.74) is -0.868. The van der Waals surface area contributed by atoms with Gasteiger partial charge in [-0.15, -0.1) is 0 Å². The minimum Gasteiger partial charge on any atom is -0.497 e. The predicted molar refractivity (Wildman–Crippen MR) is 132 cm³/mol. The van der Waals surface area contributed by atoms with Gasteiger partial charge in [-0.25, -0.2) is 9.37 Å². The zero-order valence-corrected chi connectivity index (χ0v) is 21.3. The number of nitrogens with one attached hydrogen (secondary N) is 1. The lowest BCUT2D eigenvalue weighted by Gasteiger charge is -2.30. The molecule has 200 valence electrons. The SMILES string of the molecule is COc1ccc(C[C@@H](c2cc(F)cc(C#N)c2)C(C)NC(=O)C(C)(C)Oc2ccc(C(F)(F)F)cn2)cc1. The number of halogens is 4. The van der Waals surface area contributed by atoms with Gasteiger partial charge in [-0.2, -0.15) is 18.4 Å². The van der Waals surface area contributed by atoms with E-state index in [0.29, 0.717) is 23.9 Å². The number of alkyl halides is 3. The Morgan fingerprint density at radius 1 is 1.11 bits per heavy atom. The smallest absolute Gasteiger partial charge is 0.417 e. The van der Waals surface area contributed by atoms with Crippen molar-refractivity contribution in [2.45, 2.75) is 50.9 Å². The molecule has 0 spiro atoms. The van der Waals surface area contributed by atoms with E-state index in [1.165, 1.54) is 19.9 Å². The van der Waals surface area contributed by atoms with E-state index >= 15 is 0 Å². The number of ether oxygens (including phenoxy) is 2. The summed E-state index contributed by atoms with van der Waals surface area (Å²) in [5, 5.41) is 12.2. The highest BCUT2D eigenvalue weighted by Gasteiger charge is 2.35. The highest BCUT2D eigenvalue weighted by molar-refractivity contribution is 5.85. The summed E-state index contributed by atoms with van der Waals surface area (Å²) in [7, 11) is 1.55. The van der Waals surface area contributed by atoms with Crippen molar-refractivity contribution in [3.8, 4) is 17.7 Å². The van der Waals surface area contributed by atoms with E-state index in [1.807, 2.05) is 18.2 Å². The molecular formula is C28H27F4N3O3. The normalized spacial score (nSPS) is 13.2. The number of hydrogen-bond acceptors (Lipinski definition) is 5. The lowest BCUT2D eigenvalue weighted by molar-refractivity contribution is -0.138. The predicted octanol–water partition coefficient (Wildman–Crippen LogP) is 5.81. The van der Waals surface area contributed by atoms with E-state index in [4.69, 9.17) is 9.47 Å². The molecule has 38 heavy (non-hydrogen) atoms. The topological polar surface area (TPSA) is 84.2 Å². The summed E-state index contributed by atoms with van der Waals surface area (Å²) in [6, 6.07) is 14.6. The fraction of sp³-hybridized carbons (Fsp3) is 0.321. The molecule has 1 aromatic heterocycles. The van der Waals surface area contributed by atoms with Gasteiger partial charge < -0.3 is 14.8 Å². The lowest BCUT2D eigenvalue weighted by atomic mass is 9.85. The van der Waals surface area contributed by atoms with Crippen molar-refractivity contribution in [1.29, 1.82) is 5.26 Å². The number of methoxy groups -OCH3 is 1. The monoisotopic (exact) mass is 529 g/mol. The summed E-state index contributed by atoms with van der Waals surface area (Å²) in [6.45, 7) is 4.67. The third kappa shape index (κ3) is 7.22. The van der Waals surface area contributed by atoms with E-state index < -0.39 is 41.0 Å². The fourth-order valence-electron chi connectivity index (χ4n) is 3.89. The zero-order chi connectivity index (χ0) is 28.1. The van der Waals surface area contributed by atoms with Crippen LogP contribution in [0, 0.1) is 17.1 Å². The average Bonchev–Trinajstić information content (AvgIpc) is 2.86. The summed E-state index contributed by atoms with van der Waals surface area (Å²) in [6.07, 6.45) is -3.51. The molecule has 3 rings (SSSR count). The zero-order valence-electron chi connectivity index (χ0n) is 21.3. The van der Waals surface area contributed by atoms with Crippen LogP contribution in [0.3, 0.4) is 0 Å². The number of benzene rings is 2. The number of amides is 1. The van der Waals surface area contributed by atoms with Crippen molar-refractivity contribution in [2.24, 2.45) is 0 Å². The Morgan fingerprint density at radius 3 is 2.34 bits per heavy atom. The molecule has 10 heteroatoms. The first-order valence-corrected chi connectivity index (χ1v) is 11.7. The fourth-order valence-corrected chi connectivity index (χ4v) is 3.89. The molecule has 0 bridgehead atoms. The molecule has 3 aromatic rings. The quantitative estimate of drug-likeness (QED) is 0.354. The van der Waals surface area contributed by atoms with Crippen LogP contribution < -0.4 is 14.8 Å². The molecule has 0 aliphatic rings. The number of aromatic nitrogens is 1. The van der Waals surface area contributed by atoms with Crippen molar-refractivity contribution < 1.29 is 31.8 Å². The van der Waals surface area contributed by atoms with Crippen LogP contribution in [-0.4, -0.2) is 29.6 Å². The van der Waals surface area contributed by atoms with Crippen LogP contribution in [0.5, 0.6) is 11.6 Å². The molecule has 0 saturated carbocycles. The first-order valence-electron chi connectivity index (χ1n) is 11.7. The molecule has 0 saturated heterocycles. The minimum absolute atomic E-state index is 0.148. The van der Waals surface area contributed by atoms with Gasteiger partial charge in [-0.1, -0.05) is 12.1 Å². The molecule has 2 aromatic carbocycles. The summed E-state index contributed by atoms with van der Waals surface area (Å²) in [4.78, 5) is 16.8. The third-order valence-corrected chi connectivity index (χ3v) is 6.02. The largest absolute Gasteiger partial charge is 0.497 e. The van der Waals surface area contributed by atoms with Crippen LogP contribution >= 0.6 is 0 Å². The van der Waals surface area contributed by atoms with Crippen molar-refractivity contribution in [2.75, 3.05) is 7.11 Å². The van der Waals surface area contributed by atoms with Gasteiger partial charge in [-0.3, -0.25) is 4.79 Å². The first-order chi connectivity index (χ1) is 17.8. The van der Waals surface area contributed by atoms with Crippen LogP contribution in [0.4, 0.5) is 17.6 Å². The van der Waals surface area contributed by atoms with Crippen molar-refractivity contribution in [3.63, 3.8) is 0 Å². The molecule has 6 nitrogen and oxygen atoms in total. The number of hydrogen-bond donors (Lipinski definition) is 1. The summed E-state index contributed by atoms with van der Waals surface area (Å²) < 4.78 is 63.6. The van der Waals surface area contributed by atoms with Crippen LogP contribution in [0.1, 0.15) is 48.9 Å². The number of rotatable bonds is 9. The summed E-state index contributed by atoms with van der Waals surface area (Å²) >= 11 is 0. The number of carbonyl (C=O) groups excluding carboxylic acids is 1. The number of nitrogens with zero attached hydrogens (tertiary/aromatic N) is 2. The Hall–Kier alpha value is -4.13. The van der Waals surface area contributed by atoms with Crippen LogP contribution in [0.25, 0.3) is 0 Å². The van der Waals surface area contributed by atoms with Gasteiger partial charge in [-0.05, 0) is 74.7 Å². The van der Waals surface area contributed by atoms with Crippen LogP contribution in [-0.2, 0) is 17.4 Å². The Bertz CT molecular complexity index is 1300. The van der Waals surface area contributed by atoms with E-state index in [2.05, 4.69) is 10.3 Å². The van der Waals surface area contributed by atoms with Gasteiger partial charge in [0.25, 0.3) is 5.91 Å². The Kier molecular flexibility index (Phi) is 8.61. The third-order valence-electron chi connectivity index (χ3n) is 6.02. The van der Waals surface area contributed by atoms with Gasteiger partial charge >= 0.3 is 6.18 Å². The van der Waals surface area contributed by atoms with Gasteiger partial charge in [0.15, 0.2) is 5.60 Å². The van der Waals surface area contributed by atoms with Gasteiger partial charge in [0.2, 0.25) is 5.88 Å². The van der Waals surface area contributed by atoms with Crippen molar-refractivity contribution in [3.05, 3.63) is 88.9 Å². The first kappa shape index (κ1) is 28.4. The van der Waals surface area contributed by atoms with Gasteiger partial charge in [0, 0.05) is 24.2 Å². The Morgan fingerprint density at radius 2 is 1.79 bits per heavy atom. The molecule has 0 aliphatic carbocycles. The van der Waals surface area contributed by atoms with E-state index in [1.54, 1.807) is 32.2 Å². The van der Waals surface area contributed by atoms with E-state index in [-0.39, 0.29) is 11.4 Å². The highest BCUT2D eigenvalue weighted by Crippen LogP contribution is 2.30. The van der Waals surface area contributed by atoms with Crippen LogP contribution in [0.15, 0.2) is 60.8 Å². The second-order valence-electron chi connectivity index (χ2n) is 9.30. The number of carbonyl (C=O) groups is 1. The molecule has 2 atom stereocenters. The molecule has 1 heterocycles. The second kappa shape index (κ2) is 11.5. The minimum atomic E-state index is -4.55. The molecule has 1 unspecified atom stereocenters. The molecule has 0 aliphatic heterocycles. The maximum atomic E-state index is 14.3.